The van der Waals surface area contributed by atoms with Gasteiger partial charge in [-0.05, 0) is 84.5 Å². The number of carboxylic acid groups (broad SMARTS) is 1. The molecule has 9 heteroatoms. The minimum atomic E-state index is -4.49. The molecule has 40 heavy (non-hydrogen) atoms. The molecule has 0 spiro atoms. The van der Waals surface area contributed by atoms with Crippen molar-refractivity contribution in [1.82, 2.24) is 5.32 Å². The molecule has 0 bridgehead atoms. The van der Waals surface area contributed by atoms with Gasteiger partial charge < -0.3 is 15.7 Å². The molecule has 3 aromatic rings. The molecule has 3 N–H and O–H groups in total. The zero-order chi connectivity index (χ0) is 28.7. The molecule has 6 nitrogen and oxygen atoms in total. The van der Waals surface area contributed by atoms with Crippen molar-refractivity contribution < 1.29 is 32.7 Å². The van der Waals surface area contributed by atoms with E-state index in [1.54, 1.807) is 0 Å². The van der Waals surface area contributed by atoms with Gasteiger partial charge in [0.2, 0.25) is 5.91 Å². The number of nitrogens with one attached hydrogen (secondary N) is 2. The lowest BCUT2D eigenvalue weighted by atomic mass is 9.77. The van der Waals surface area contributed by atoms with Crippen LogP contribution in [0.15, 0.2) is 72.8 Å². The fraction of sp³-hybridized carbons (Fsp3) is 0.323. The Kier molecular flexibility index (Phi) is 9.24. The Labute approximate surface area is 230 Å². The van der Waals surface area contributed by atoms with Crippen LogP contribution in [0.25, 0.3) is 11.1 Å². The smallest absolute Gasteiger partial charge is 0.417 e. The first kappa shape index (κ1) is 28.9. The molecule has 210 valence electrons. The number of anilines is 1. The van der Waals surface area contributed by atoms with Crippen LogP contribution in [0.3, 0.4) is 0 Å². The van der Waals surface area contributed by atoms with Gasteiger partial charge >= 0.3 is 12.1 Å². The fourth-order valence-corrected chi connectivity index (χ4v) is 5.18. The van der Waals surface area contributed by atoms with Crippen LogP contribution in [0.1, 0.15) is 65.9 Å². The van der Waals surface area contributed by atoms with Crippen LogP contribution < -0.4 is 10.6 Å². The number of alkyl halides is 3. The van der Waals surface area contributed by atoms with Gasteiger partial charge in [-0.15, -0.1) is 0 Å². The molecule has 1 saturated carbocycles. The maximum atomic E-state index is 13.3. The number of benzene rings is 3. The molecule has 1 aliphatic rings. The average molecular weight is 553 g/mol. The van der Waals surface area contributed by atoms with Gasteiger partial charge in [0.1, 0.15) is 0 Å². The van der Waals surface area contributed by atoms with Gasteiger partial charge in [-0.25, -0.2) is 0 Å². The first-order chi connectivity index (χ1) is 19.1. The van der Waals surface area contributed by atoms with Crippen molar-refractivity contribution in [3.8, 4) is 11.1 Å². The molecule has 0 saturated heterocycles. The van der Waals surface area contributed by atoms with Gasteiger partial charge in [-0.2, -0.15) is 13.2 Å². The standard InChI is InChI=1S/C31H31F3N2O4/c32-31(33,34)27-4-2-1-3-26(27)23-9-11-24(12-10-23)30(40)35-18-17-28(37)36-25-15-13-22(14-16-25)21-7-5-20(6-8-21)19-29(38)39/h1-4,9-16,20-21H,5-8,17-19H2,(H,35,40)(H,36,37)(H,38,39). The van der Waals surface area contributed by atoms with Crippen LogP contribution in [-0.4, -0.2) is 29.4 Å². The van der Waals surface area contributed by atoms with Crippen LogP contribution in [-0.2, 0) is 15.8 Å². The third-order valence-corrected chi connectivity index (χ3v) is 7.30. The average Bonchev–Trinajstić information content (AvgIpc) is 2.93. The Morgan fingerprint density at radius 2 is 1.50 bits per heavy atom. The predicted octanol–water partition coefficient (Wildman–Crippen LogP) is 6.88. The Bertz CT molecular complexity index is 1330. The SMILES string of the molecule is O=C(O)CC1CCC(c2ccc(NC(=O)CCNC(=O)c3ccc(-c4ccccc4C(F)(F)F)cc3)cc2)CC1. The largest absolute Gasteiger partial charge is 0.481 e. The summed E-state index contributed by atoms with van der Waals surface area (Å²) in [5.74, 6) is -0.801. The van der Waals surface area contributed by atoms with Crippen molar-refractivity contribution in [3.05, 3.63) is 89.5 Å². The number of carboxylic acids is 1. The summed E-state index contributed by atoms with van der Waals surface area (Å²) in [5.41, 5.74) is 1.74. The van der Waals surface area contributed by atoms with Crippen molar-refractivity contribution in [2.24, 2.45) is 5.92 Å². The van der Waals surface area contributed by atoms with Gasteiger partial charge in [0.05, 0.1) is 5.56 Å². The first-order valence-electron chi connectivity index (χ1n) is 13.3. The highest BCUT2D eigenvalue weighted by atomic mass is 19.4. The molecule has 4 rings (SSSR count). The monoisotopic (exact) mass is 552 g/mol. The molecular weight excluding hydrogens is 521 g/mol. The summed E-state index contributed by atoms with van der Waals surface area (Å²) in [7, 11) is 0. The molecule has 0 unspecified atom stereocenters. The third kappa shape index (κ3) is 7.71. The lowest BCUT2D eigenvalue weighted by molar-refractivity contribution is -0.138. The van der Waals surface area contributed by atoms with Crippen molar-refractivity contribution in [3.63, 3.8) is 0 Å². The summed E-state index contributed by atoms with van der Waals surface area (Å²) in [4.78, 5) is 35.7. The van der Waals surface area contributed by atoms with Crippen molar-refractivity contribution in [1.29, 1.82) is 0 Å². The van der Waals surface area contributed by atoms with Crippen LogP contribution in [0.4, 0.5) is 18.9 Å². The molecule has 0 aromatic heterocycles. The van der Waals surface area contributed by atoms with Crippen LogP contribution in [0.5, 0.6) is 0 Å². The number of amides is 2. The number of hydrogen-bond acceptors (Lipinski definition) is 3. The molecular formula is C31H31F3N2O4. The van der Waals surface area contributed by atoms with Crippen LogP contribution in [0, 0.1) is 5.92 Å². The lowest BCUT2D eigenvalue weighted by Crippen LogP contribution is -2.27. The van der Waals surface area contributed by atoms with Crippen molar-refractivity contribution in [2.45, 2.75) is 50.6 Å². The van der Waals surface area contributed by atoms with E-state index in [0.29, 0.717) is 17.2 Å². The van der Waals surface area contributed by atoms with Gasteiger partial charge in [-0.1, -0.05) is 42.5 Å². The first-order valence-corrected chi connectivity index (χ1v) is 13.3. The third-order valence-electron chi connectivity index (χ3n) is 7.30. The van der Waals surface area contributed by atoms with E-state index in [4.69, 9.17) is 5.11 Å². The number of halogens is 3. The summed E-state index contributed by atoms with van der Waals surface area (Å²) < 4.78 is 39.9. The quantitative estimate of drug-likeness (QED) is 0.270. The molecule has 3 aromatic carbocycles. The molecule has 0 atom stereocenters. The van der Waals surface area contributed by atoms with E-state index in [2.05, 4.69) is 10.6 Å². The van der Waals surface area contributed by atoms with E-state index in [0.717, 1.165) is 31.7 Å². The Morgan fingerprint density at radius 1 is 0.850 bits per heavy atom. The summed E-state index contributed by atoms with van der Waals surface area (Å²) in [5, 5.41) is 14.4. The normalized spacial score (nSPS) is 17.2. The molecule has 1 aliphatic carbocycles. The highest BCUT2D eigenvalue weighted by Crippen LogP contribution is 2.38. The number of hydrogen-bond donors (Lipinski definition) is 3. The minimum absolute atomic E-state index is 0.0368. The number of rotatable bonds is 9. The molecule has 0 aliphatic heterocycles. The summed E-state index contributed by atoms with van der Waals surface area (Å²) in [6, 6.07) is 18.8. The minimum Gasteiger partial charge on any atom is -0.481 e. The molecule has 2 amide bonds. The summed E-state index contributed by atoms with van der Waals surface area (Å²) >= 11 is 0. The Balaban J connectivity index is 1.22. The summed E-state index contributed by atoms with van der Waals surface area (Å²) in [6.07, 6.45) is -0.503. The zero-order valence-corrected chi connectivity index (χ0v) is 21.8. The van der Waals surface area contributed by atoms with Crippen LogP contribution in [0.2, 0.25) is 0 Å². The lowest BCUT2D eigenvalue weighted by Gasteiger charge is -2.28. The van der Waals surface area contributed by atoms with Gasteiger partial charge in [0, 0.05) is 30.6 Å². The predicted molar refractivity (Wildman–Crippen MR) is 146 cm³/mol. The topological polar surface area (TPSA) is 95.5 Å². The van der Waals surface area contributed by atoms with E-state index in [1.807, 2.05) is 24.3 Å². The fourth-order valence-electron chi connectivity index (χ4n) is 5.18. The highest BCUT2D eigenvalue weighted by molar-refractivity contribution is 5.95. The molecule has 0 heterocycles. The number of aliphatic carboxylic acids is 1. The van der Waals surface area contributed by atoms with Crippen molar-refractivity contribution in [2.75, 3.05) is 11.9 Å². The number of carbonyl (C=O) groups excluding carboxylic acids is 2. The van der Waals surface area contributed by atoms with Crippen LogP contribution >= 0.6 is 0 Å². The maximum absolute atomic E-state index is 13.3. The van der Waals surface area contributed by atoms with E-state index in [1.165, 1.54) is 48.0 Å². The second-order valence-electron chi connectivity index (χ2n) is 10.1. The highest BCUT2D eigenvalue weighted by Gasteiger charge is 2.33. The van der Waals surface area contributed by atoms with Gasteiger partial charge in [-0.3, -0.25) is 14.4 Å². The second kappa shape index (κ2) is 12.8. The van der Waals surface area contributed by atoms with E-state index in [9.17, 15) is 27.6 Å². The summed E-state index contributed by atoms with van der Waals surface area (Å²) in [6.45, 7) is 0.0982. The Hall–Kier alpha value is -4.14. The van der Waals surface area contributed by atoms with E-state index in [-0.39, 0.29) is 42.3 Å². The van der Waals surface area contributed by atoms with E-state index >= 15 is 0 Å². The maximum Gasteiger partial charge on any atom is 0.417 e. The van der Waals surface area contributed by atoms with Gasteiger partial charge in [0.25, 0.3) is 5.91 Å². The Morgan fingerprint density at radius 3 is 2.12 bits per heavy atom. The number of carbonyl (C=O) groups is 3. The molecule has 1 fully saturated rings. The second-order valence-corrected chi connectivity index (χ2v) is 10.1. The van der Waals surface area contributed by atoms with Crippen molar-refractivity contribution >= 4 is 23.5 Å². The zero-order valence-electron chi connectivity index (χ0n) is 21.8. The van der Waals surface area contributed by atoms with E-state index < -0.39 is 23.6 Å². The van der Waals surface area contributed by atoms with Gasteiger partial charge in [0.15, 0.2) is 0 Å². The molecule has 0 radical (unpaired) electrons.